The van der Waals surface area contributed by atoms with Crippen LogP contribution in [0.1, 0.15) is 0 Å². The summed E-state index contributed by atoms with van der Waals surface area (Å²) in [5.74, 6) is 1.70. The van der Waals surface area contributed by atoms with Gasteiger partial charge in [-0.15, -0.1) is 0 Å². The van der Waals surface area contributed by atoms with Crippen LogP contribution < -0.4 is 17.7 Å². The van der Waals surface area contributed by atoms with E-state index in [1.165, 1.54) is 54.2 Å². The molecule has 0 saturated heterocycles. The van der Waals surface area contributed by atoms with Gasteiger partial charge in [0.1, 0.15) is 0 Å². The normalized spacial score (nSPS) is 13.3. The molecule has 10 aromatic rings. The zero-order chi connectivity index (χ0) is 33.5. The molecule has 0 bridgehead atoms. The minimum absolute atomic E-state index is 0.757. The number of hydrogen-bond acceptors (Lipinski definition) is 3. The average Bonchev–Trinajstić information content (AvgIpc) is 3.85. The van der Waals surface area contributed by atoms with Crippen molar-refractivity contribution in [2.75, 3.05) is 0 Å². The predicted molar refractivity (Wildman–Crippen MR) is 217 cm³/mol. The van der Waals surface area contributed by atoms with Crippen molar-refractivity contribution in [3.05, 3.63) is 176 Å². The third-order valence-electron chi connectivity index (χ3n) is 10.7. The number of thiophene rings is 1. The summed E-state index contributed by atoms with van der Waals surface area (Å²) in [7, 11) is 0. The Balaban J connectivity index is 1.35. The van der Waals surface area contributed by atoms with E-state index in [1.54, 1.807) is 0 Å². The van der Waals surface area contributed by atoms with Gasteiger partial charge in [-0.25, -0.2) is 0 Å². The van der Waals surface area contributed by atoms with Crippen LogP contribution >= 0.6 is 11.3 Å². The second kappa shape index (κ2) is 11.1. The van der Waals surface area contributed by atoms with Crippen molar-refractivity contribution in [1.82, 2.24) is 14.5 Å². The van der Waals surface area contributed by atoms with E-state index in [0.717, 1.165) is 33.8 Å². The third kappa shape index (κ3) is 4.00. The molecule has 4 heterocycles. The molecule has 1 aliphatic rings. The summed E-state index contributed by atoms with van der Waals surface area (Å²) >= 11 is -1.79. The fraction of sp³-hybridized carbons (Fsp3) is 0. The van der Waals surface area contributed by atoms with Gasteiger partial charge in [0, 0.05) is 0 Å². The fourth-order valence-corrected chi connectivity index (χ4v) is 20.3. The van der Waals surface area contributed by atoms with Gasteiger partial charge >= 0.3 is 303 Å². The number of para-hydroxylation sites is 1. The number of aromatic nitrogens is 3. The molecule has 51 heavy (non-hydrogen) atoms. The fourth-order valence-electron chi connectivity index (χ4n) is 8.59. The summed E-state index contributed by atoms with van der Waals surface area (Å²) in [6.07, 6.45) is 0. The molecule has 0 aliphatic carbocycles. The molecular weight excluding hydrogens is 699 g/mol. The van der Waals surface area contributed by atoms with Crippen LogP contribution in [0.4, 0.5) is 0 Å². The van der Waals surface area contributed by atoms with Gasteiger partial charge in [0.05, 0.1) is 0 Å². The zero-order valence-corrected chi connectivity index (χ0v) is 30.4. The van der Waals surface area contributed by atoms with E-state index in [9.17, 15) is 0 Å². The first kappa shape index (κ1) is 29.0. The molecule has 0 saturated carbocycles. The second-order valence-electron chi connectivity index (χ2n) is 13.3. The van der Waals surface area contributed by atoms with E-state index in [0.29, 0.717) is 0 Å². The molecule has 5 heteroatoms. The second-order valence-corrected chi connectivity index (χ2v) is 22.0. The van der Waals surface area contributed by atoms with Gasteiger partial charge in [-0.1, -0.05) is 0 Å². The first-order chi connectivity index (χ1) is 25.3. The Morgan fingerprint density at radius 2 is 1.12 bits per heavy atom. The van der Waals surface area contributed by atoms with Gasteiger partial charge in [0.2, 0.25) is 0 Å². The maximum atomic E-state index is 5.71. The van der Waals surface area contributed by atoms with Gasteiger partial charge in [-0.3, -0.25) is 0 Å². The van der Waals surface area contributed by atoms with Crippen LogP contribution in [0.15, 0.2) is 176 Å². The van der Waals surface area contributed by atoms with E-state index < -0.39 is 13.3 Å². The van der Waals surface area contributed by atoms with Gasteiger partial charge < -0.3 is 0 Å². The number of nitrogens with zero attached hydrogens (tertiary/aromatic N) is 3. The third-order valence-corrected chi connectivity index (χ3v) is 21.8. The van der Waals surface area contributed by atoms with Crippen molar-refractivity contribution >= 4 is 84.3 Å². The van der Waals surface area contributed by atoms with E-state index in [1.807, 2.05) is 11.3 Å². The first-order valence-corrected chi connectivity index (χ1v) is 22.4. The van der Waals surface area contributed by atoms with Crippen molar-refractivity contribution in [1.29, 1.82) is 0 Å². The van der Waals surface area contributed by atoms with Crippen LogP contribution in [-0.2, 0) is 0 Å². The quantitative estimate of drug-likeness (QED) is 0.170. The van der Waals surface area contributed by atoms with Crippen LogP contribution in [0.25, 0.3) is 70.3 Å². The van der Waals surface area contributed by atoms with Crippen molar-refractivity contribution in [2.24, 2.45) is 0 Å². The summed E-state index contributed by atoms with van der Waals surface area (Å²) in [5, 5.41) is 5.13. The summed E-state index contributed by atoms with van der Waals surface area (Å²) in [6.45, 7) is 0. The standard InChI is InChI=1S/C46H29GeN3S/c1-4-16-30(17-5-1)45-48-44-42(35-23-10-13-25-37(35)47(44,31-18-6-2-7-19-31)32-20-8-3-9-21-32)46(49-45)50-38-26-14-11-24-36(38)41-39(50)29-28-34-33-22-12-15-27-40(33)51-43(34)41/h1-29H. The molecule has 0 atom stereocenters. The Morgan fingerprint density at radius 1 is 0.490 bits per heavy atom. The Bertz CT molecular complexity index is 2930. The first-order valence-electron chi connectivity index (χ1n) is 17.3. The topological polar surface area (TPSA) is 30.7 Å². The van der Waals surface area contributed by atoms with E-state index in [-0.39, 0.29) is 0 Å². The Morgan fingerprint density at radius 3 is 1.88 bits per heavy atom. The summed E-state index contributed by atoms with van der Waals surface area (Å²) in [6, 6.07) is 64.2. The van der Waals surface area contributed by atoms with Crippen molar-refractivity contribution in [3.63, 3.8) is 0 Å². The van der Waals surface area contributed by atoms with Crippen molar-refractivity contribution in [3.8, 4) is 28.3 Å². The number of fused-ring (bicyclic) bond motifs is 10. The maximum absolute atomic E-state index is 5.71. The van der Waals surface area contributed by atoms with Gasteiger partial charge in [0.15, 0.2) is 0 Å². The van der Waals surface area contributed by atoms with Crippen LogP contribution in [-0.4, -0.2) is 27.8 Å². The molecule has 1 aliphatic heterocycles. The van der Waals surface area contributed by atoms with Gasteiger partial charge in [-0.2, -0.15) is 0 Å². The van der Waals surface area contributed by atoms with Crippen LogP contribution in [0.5, 0.6) is 0 Å². The molecular formula is C46H29GeN3S. The molecule has 0 spiro atoms. The Kier molecular flexibility index (Phi) is 6.30. The average molecular weight is 728 g/mol. The van der Waals surface area contributed by atoms with Crippen molar-refractivity contribution < 1.29 is 0 Å². The summed E-state index contributed by atoms with van der Waals surface area (Å²) in [5.41, 5.74) is 5.72. The van der Waals surface area contributed by atoms with Crippen LogP contribution in [0.3, 0.4) is 0 Å². The Labute approximate surface area is 301 Å². The molecule has 11 rings (SSSR count). The summed E-state index contributed by atoms with van der Waals surface area (Å²) in [4.78, 5) is 11.3. The Hall–Kier alpha value is -5.82. The summed E-state index contributed by atoms with van der Waals surface area (Å²) < 4.78 is 10.4. The minimum atomic E-state index is -3.68. The monoisotopic (exact) mass is 729 g/mol. The molecule has 7 aromatic carbocycles. The molecule has 0 unspecified atom stereocenters. The van der Waals surface area contributed by atoms with E-state index in [2.05, 4.69) is 180 Å². The van der Waals surface area contributed by atoms with E-state index in [4.69, 9.17) is 9.97 Å². The molecule has 0 radical (unpaired) electrons. The molecule has 0 fully saturated rings. The molecule has 3 aromatic heterocycles. The number of hydrogen-bond donors (Lipinski definition) is 0. The SMILES string of the molecule is c1ccc(-c2nc(-n3c4ccccc4c4c5sc6ccccc6c5ccc43)c3[c](n2)[Ge]([c]2ccccc2)([c]2ccccc2)[c]2ccccc2-3)cc1. The van der Waals surface area contributed by atoms with Crippen LogP contribution in [0.2, 0.25) is 0 Å². The van der Waals surface area contributed by atoms with Crippen LogP contribution in [0, 0.1) is 0 Å². The predicted octanol–water partition coefficient (Wildman–Crippen LogP) is 8.97. The molecule has 0 N–H and O–H groups in total. The number of benzene rings is 7. The van der Waals surface area contributed by atoms with Crippen molar-refractivity contribution in [2.45, 2.75) is 0 Å². The zero-order valence-electron chi connectivity index (χ0n) is 27.5. The molecule has 3 nitrogen and oxygen atoms in total. The molecule has 0 amide bonds. The van der Waals surface area contributed by atoms with Gasteiger partial charge in [0.25, 0.3) is 0 Å². The van der Waals surface area contributed by atoms with E-state index >= 15 is 0 Å². The van der Waals surface area contributed by atoms with Gasteiger partial charge in [-0.05, 0) is 0 Å². The molecule has 238 valence electrons. The number of rotatable bonds is 4.